The molecule has 4 aliphatic rings. The molecule has 0 radical (unpaired) electrons. The third kappa shape index (κ3) is 3.80. The molecule has 6 rings (SSSR count). The van der Waals surface area contributed by atoms with Gasteiger partial charge in [-0.15, -0.1) is 23.2 Å². The van der Waals surface area contributed by atoms with Crippen LogP contribution in [-0.4, -0.2) is 44.3 Å². The van der Waals surface area contributed by atoms with Crippen molar-refractivity contribution in [3.63, 3.8) is 0 Å². The number of alkyl halides is 4. The van der Waals surface area contributed by atoms with Crippen LogP contribution in [0.2, 0.25) is 0 Å². The van der Waals surface area contributed by atoms with Crippen molar-refractivity contribution in [2.45, 2.75) is 41.3 Å². The van der Waals surface area contributed by atoms with Crippen molar-refractivity contribution >= 4 is 105 Å². The number of anilines is 2. The fourth-order valence-electron chi connectivity index (χ4n) is 6.60. The third-order valence-electron chi connectivity index (χ3n) is 8.51. The second-order valence-corrected chi connectivity index (χ2v) is 14.5. The van der Waals surface area contributed by atoms with Crippen molar-refractivity contribution in [3.05, 3.63) is 63.2 Å². The number of amides is 3. The molecule has 42 heavy (non-hydrogen) atoms. The Morgan fingerprint density at radius 3 is 1.93 bits per heavy atom. The number of hydrogen-bond acceptors (Lipinski definition) is 5. The van der Waals surface area contributed by atoms with Gasteiger partial charge in [-0.3, -0.25) is 19.2 Å². The molecule has 0 unspecified atom stereocenters. The molecule has 0 spiro atoms. The Labute approximate surface area is 271 Å². The summed E-state index contributed by atoms with van der Waals surface area (Å²) in [6.45, 7) is 5.73. The van der Waals surface area contributed by atoms with Crippen LogP contribution in [0.25, 0.3) is 0 Å². The predicted octanol–water partition coefficient (Wildman–Crippen LogP) is 6.52. The molecular weight excluding hydrogens is 669 g/mol. The molecule has 1 saturated carbocycles. The minimum absolute atomic E-state index is 0.0184. The maximum Gasteiger partial charge on any atom is 0.316 e. The number of aryl methyl sites for hydroxylation is 3. The van der Waals surface area contributed by atoms with E-state index in [2.05, 4.69) is 0 Å². The van der Waals surface area contributed by atoms with Crippen LogP contribution in [-0.2, 0) is 19.2 Å². The van der Waals surface area contributed by atoms with Crippen molar-refractivity contribution < 1.29 is 23.9 Å². The number of hydrogen-bond donors (Lipinski definition) is 0. The number of nitrogens with zero attached hydrogens (tertiary/aromatic N) is 2. The van der Waals surface area contributed by atoms with Crippen LogP contribution in [0, 0.1) is 38.5 Å². The van der Waals surface area contributed by atoms with Crippen LogP contribution in [0.1, 0.15) is 23.1 Å². The van der Waals surface area contributed by atoms with Gasteiger partial charge in [0.05, 0.1) is 33.5 Å². The molecule has 2 heterocycles. The van der Waals surface area contributed by atoms with Crippen LogP contribution in [0.3, 0.4) is 0 Å². The molecule has 2 aliphatic heterocycles. The van der Waals surface area contributed by atoms with E-state index in [1.165, 1.54) is 18.2 Å². The number of halogens is 6. The molecule has 2 aromatic carbocycles. The lowest BCUT2D eigenvalue weighted by Crippen LogP contribution is -2.50. The van der Waals surface area contributed by atoms with Gasteiger partial charge >= 0.3 is 5.97 Å². The molecule has 2 bridgehead atoms. The fourth-order valence-corrected chi connectivity index (χ4v) is 9.52. The Bertz CT molecular complexity index is 1590. The predicted molar refractivity (Wildman–Crippen MR) is 163 cm³/mol. The minimum atomic E-state index is -2.02. The van der Waals surface area contributed by atoms with E-state index in [4.69, 9.17) is 74.3 Å². The van der Waals surface area contributed by atoms with Crippen molar-refractivity contribution in [2.24, 2.45) is 17.8 Å². The first-order valence-electron chi connectivity index (χ1n) is 13.0. The monoisotopic (exact) mass is 688 g/mol. The van der Waals surface area contributed by atoms with Gasteiger partial charge in [0, 0.05) is 18.7 Å². The van der Waals surface area contributed by atoms with E-state index in [-0.39, 0.29) is 40.4 Å². The van der Waals surface area contributed by atoms with E-state index < -0.39 is 49.6 Å². The normalized spacial score (nSPS) is 31.5. The number of benzene rings is 2. The fraction of sp³-hybridized carbons (Fsp3) is 0.379. The molecule has 220 valence electrons. The summed E-state index contributed by atoms with van der Waals surface area (Å²) in [7, 11) is 0. The Morgan fingerprint density at radius 2 is 1.40 bits per heavy atom. The van der Waals surface area contributed by atoms with Gasteiger partial charge in [-0.1, -0.05) is 52.5 Å². The quantitative estimate of drug-likeness (QED) is 0.158. The van der Waals surface area contributed by atoms with Crippen LogP contribution in [0.5, 0.6) is 5.75 Å². The number of allylic oxidation sites excluding steroid dienone is 2. The lowest BCUT2D eigenvalue weighted by molar-refractivity contribution is -0.139. The molecule has 5 atom stereocenters. The maximum atomic E-state index is 13.7. The summed E-state index contributed by atoms with van der Waals surface area (Å²) in [6.07, 6.45) is 0.0184. The summed E-state index contributed by atoms with van der Waals surface area (Å²) in [6, 6.07) is 10.3. The van der Waals surface area contributed by atoms with Gasteiger partial charge in [-0.2, -0.15) is 0 Å². The van der Waals surface area contributed by atoms with Gasteiger partial charge in [-0.05, 0) is 67.8 Å². The second-order valence-electron chi connectivity index (χ2n) is 11.2. The molecular formula is C29H22Cl6N2O5. The third-order valence-corrected chi connectivity index (χ3v) is 12.8. The standard InChI is InChI=1S/C29H22Cl6N2O5/c1-12-6-13(2)8-16(7-12)36-11-15(10-19(36)38)26(41)42-17-4-5-18(14(3)9-17)37-24(39)20-21(25(37)40)28(33)23(31)22(30)27(20,32)29(28,34)35/h4-9,15,20-21H,10-11H2,1-3H3/t15-,20-,21-,27-,28-/m1/s1. The van der Waals surface area contributed by atoms with E-state index in [1.807, 2.05) is 32.0 Å². The zero-order valence-electron chi connectivity index (χ0n) is 22.3. The molecule has 0 N–H and O–H groups in total. The number of rotatable bonds is 4. The summed E-state index contributed by atoms with van der Waals surface area (Å²) in [5.41, 5.74) is 3.45. The Kier molecular flexibility index (Phi) is 6.97. The molecule has 7 nitrogen and oxygen atoms in total. The lowest BCUT2D eigenvalue weighted by Gasteiger charge is -2.34. The Hall–Kier alpha value is -2.00. The number of carbonyl (C=O) groups is 4. The van der Waals surface area contributed by atoms with E-state index in [1.54, 1.807) is 11.8 Å². The largest absolute Gasteiger partial charge is 0.426 e. The van der Waals surface area contributed by atoms with Crippen LogP contribution in [0.4, 0.5) is 11.4 Å². The first-order chi connectivity index (χ1) is 19.5. The molecule has 2 saturated heterocycles. The maximum absolute atomic E-state index is 13.7. The SMILES string of the molecule is Cc1cc(C)cc(N2C[C@H](C(=O)Oc3ccc(N4C(=O)[C@H]5[C@H](C4=O)[C@@]4(Cl)C(Cl)=C(Cl)[C@@]5(Cl)C4(Cl)Cl)c(C)c3)CC2=O)c1. The van der Waals surface area contributed by atoms with E-state index in [0.717, 1.165) is 21.7 Å². The van der Waals surface area contributed by atoms with Crippen molar-refractivity contribution in [1.29, 1.82) is 0 Å². The van der Waals surface area contributed by atoms with Crippen LogP contribution < -0.4 is 14.5 Å². The number of fused-ring (bicyclic) bond motifs is 5. The van der Waals surface area contributed by atoms with Gasteiger partial charge in [0.2, 0.25) is 17.7 Å². The summed E-state index contributed by atoms with van der Waals surface area (Å²) >= 11 is 39.4. The number of ether oxygens (including phenoxy) is 1. The molecule has 2 aromatic rings. The summed E-state index contributed by atoms with van der Waals surface area (Å²) in [4.78, 5) is 51.9. The first kappa shape index (κ1) is 30.0. The van der Waals surface area contributed by atoms with E-state index in [9.17, 15) is 19.2 Å². The van der Waals surface area contributed by atoms with Gasteiger partial charge in [-0.25, -0.2) is 4.90 Å². The Balaban J connectivity index is 1.21. The summed E-state index contributed by atoms with van der Waals surface area (Å²) < 4.78 is 3.59. The van der Waals surface area contributed by atoms with Gasteiger partial charge in [0.25, 0.3) is 0 Å². The highest BCUT2D eigenvalue weighted by atomic mass is 35.5. The van der Waals surface area contributed by atoms with Crippen molar-refractivity contribution in [3.8, 4) is 5.75 Å². The number of carbonyl (C=O) groups excluding carboxylic acids is 4. The molecule has 2 aliphatic carbocycles. The van der Waals surface area contributed by atoms with Crippen LogP contribution in [0.15, 0.2) is 46.5 Å². The zero-order chi connectivity index (χ0) is 30.7. The highest BCUT2D eigenvalue weighted by Crippen LogP contribution is 2.77. The van der Waals surface area contributed by atoms with E-state index in [0.29, 0.717) is 5.56 Å². The molecule has 3 fully saturated rings. The molecule has 3 amide bonds. The summed E-state index contributed by atoms with van der Waals surface area (Å²) in [5.74, 6) is -5.08. The summed E-state index contributed by atoms with van der Waals surface area (Å²) in [5, 5.41) is -0.342. The van der Waals surface area contributed by atoms with E-state index >= 15 is 0 Å². The van der Waals surface area contributed by atoms with Crippen LogP contribution >= 0.6 is 69.6 Å². The number of esters is 1. The lowest BCUT2D eigenvalue weighted by atomic mass is 9.84. The van der Waals surface area contributed by atoms with Gasteiger partial charge in [0.1, 0.15) is 15.5 Å². The average Bonchev–Trinajstić information content (AvgIpc) is 3.49. The van der Waals surface area contributed by atoms with Gasteiger partial charge in [0.15, 0.2) is 4.33 Å². The Morgan fingerprint density at radius 1 is 0.857 bits per heavy atom. The minimum Gasteiger partial charge on any atom is -0.426 e. The van der Waals surface area contributed by atoms with Crippen molar-refractivity contribution in [2.75, 3.05) is 16.3 Å². The molecule has 0 aromatic heterocycles. The zero-order valence-corrected chi connectivity index (χ0v) is 26.8. The highest BCUT2D eigenvalue weighted by Gasteiger charge is 2.87. The first-order valence-corrected chi connectivity index (χ1v) is 15.2. The number of imide groups is 1. The average molecular weight is 691 g/mol. The highest BCUT2D eigenvalue weighted by molar-refractivity contribution is 6.67. The topological polar surface area (TPSA) is 84.0 Å². The molecule has 13 heteroatoms. The smallest absolute Gasteiger partial charge is 0.316 e. The van der Waals surface area contributed by atoms with Gasteiger partial charge < -0.3 is 9.64 Å². The van der Waals surface area contributed by atoms with Crippen molar-refractivity contribution in [1.82, 2.24) is 0 Å². The second kappa shape index (κ2) is 9.75.